The Labute approximate surface area is 139 Å². The van der Waals surface area contributed by atoms with Gasteiger partial charge in [-0.25, -0.2) is 0 Å². The molecule has 0 aromatic heterocycles. The average Bonchev–Trinajstić information content (AvgIpc) is 2.58. The molecule has 0 aliphatic carbocycles. The van der Waals surface area contributed by atoms with Crippen molar-refractivity contribution in [2.45, 2.75) is 46.0 Å². The Kier molecular flexibility index (Phi) is 6.23. The van der Waals surface area contributed by atoms with Crippen LogP contribution in [0.1, 0.15) is 47.9 Å². The van der Waals surface area contributed by atoms with Crippen LogP contribution in [0.2, 0.25) is 0 Å². The van der Waals surface area contributed by atoms with Crippen molar-refractivity contribution in [3.63, 3.8) is 0 Å². The highest BCUT2D eigenvalue weighted by atomic mass is 16.5. The van der Waals surface area contributed by atoms with Crippen molar-refractivity contribution < 1.29 is 4.74 Å². The number of rotatable bonds is 7. The first-order valence-corrected chi connectivity index (χ1v) is 8.32. The Balaban J connectivity index is 1.89. The second-order valence-corrected chi connectivity index (χ2v) is 6.03. The number of hydrogen-bond acceptors (Lipinski definition) is 2. The van der Waals surface area contributed by atoms with Gasteiger partial charge in [0.2, 0.25) is 0 Å². The van der Waals surface area contributed by atoms with Crippen LogP contribution >= 0.6 is 0 Å². The van der Waals surface area contributed by atoms with Gasteiger partial charge in [0.1, 0.15) is 5.75 Å². The Morgan fingerprint density at radius 2 is 1.96 bits per heavy atom. The lowest BCUT2D eigenvalue weighted by molar-refractivity contribution is 0.304. The van der Waals surface area contributed by atoms with Gasteiger partial charge in [0.25, 0.3) is 0 Å². The van der Waals surface area contributed by atoms with Gasteiger partial charge in [-0.05, 0) is 61.9 Å². The molecule has 120 valence electrons. The molecular formula is C21H25NO. The summed E-state index contributed by atoms with van der Waals surface area (Å²) in [6, 6.07) is 17.0. The van der Waals surface area contributed by atoms with Gasteiger partial charge < -0.3 is 4.74 Å². The van der Waals surface area contributed by atoms with Crippen molar-refractivity contribution in [1.82, 2.24) is 0 Å². The van der Waals surface area contributed by atoms with Crippen LogP contribution < -0.4 is 4.74 Å². The summed E-state index contributed by atoms with van der Waals surface area (Å²) in [6.07, 6.45) is 2.72. The minimum atomic E-state index is -0.0551. The lowest BCUT2D eigenvalue weighted by atomic mass is 9.91. The molecule has 2 rings (SSSR count). The Hall–Kier alpha value is -2.27. The largest absolute Gasteiger partial charge is 0.494 e. The number of nitriles is 1. The Morgan fingerprint density at radius 3 is 2.70 bits per heavy atom. The molecular weight excluding hydrogens is 282 g/mol. The van der Waals surface area contributed by atoms with E-state index in [1.807, 2.05) is 12.1 Å². The average molecular weight is 307 g/mol. The highest BCUT2D eigenvalue weighted by Gasteiger charge is 2.13. The van der Waals surface area contributed by atoms with Gasteiger partial charge in [-0.3, -0.25) is 0 Å². The van der Waals surface area contributed by atoms with Crippen LogP contribution in [0, 0.1) is 25.2 Å². The molecule has 0 aliphatic heterocycles. The van der Waals surface area contributed by atoms with Crippen LogP contribution in [0.25, 0.3) is 0 Å². The van der Waals surface area contributed by atoms with Crippen molar-refractivity contribution in [3.05, 3.63) is 64.7 Å². The van der Waals surface area contributed by atoms with Crippen LogP contribution in [0.15, 0.2) is 42.5 Å². The molecule has 1 unspecified atom stereocenters. The van der Waals surface area contributed by atoms with Crippen molar-refractivity contribution in [1.29, 1.82) is 5.26 Å². The molecule has 2 aromatic carbocycles. The third kappa shape index (κ3) is 4.86. The first-order chi connectivity index (χ1) is 11.1. The number of benzene rings is 2. The SMILES string of the molecule is CCc1cccc(OCCCC(C#N)c2cc(C)ccc2C)c1. The molecule has 0 radical (unpaired) electrons. The maximum Gasteiger partial charge on any atom is 0.119 e. The zero-order valence-corrected chi connectivity index (χ0v) is 14.3. The molecule has 2 nitrogen and oxygen atoms in total. The number of ether oxygens (including phenoxy) is 1. The lowest BCUT2D eigenvalue weighted by Crippen LogP contribution is -2.04. The molecule has 2 heteroatoms. The van der Waals surface area contributed by atoms with Crippen LogP contribution in [0.5, 0.6) is 5.75 Å². The van der Waals surface area contributed by atoms with E-state index >= 15 is 0 Å². The van der Waals surface area contributed by atoms with Crippen molar-refractivity contribution in [2.75, 3.05) is 6.61 Å². The van der Waals surface area contributed by atoms with Crippen LogP contribution in [0.3, 0.4) is 0 Å². The molecule has 0 saturated carbocycles. The fourth-order valence-electron chi connectivity index (χ4n) is 2.76. The van der Waals surface area contributed by atoms with Crippen LogP contribution in [-0.4, -0.2) is 6.61 Å². The quantitative estimate of drug-likeness (QED) is 0.647. The van der Waals surface area contributed by atoms with E-state index in [0.29, 0.717) is 6.61 Å². The third-order valence-electron chi connectivity index (χ3n) is 4.18. The summed E-state index contributed by atoms with van der Waals surface area (Å²) in [5.74, 6) is 0.866. The van der Waals surface area contributed by atoms with E-state index in [0.717, 1.165) is 30.6 Å². The summed E-state index contributed by atoms with van der Waals surface area (Å²) >= 11 is 0. The normalized spacial score (nSPS) is 11.7. The highest BCUT2D eigenvalue weighted by Crippen LogP contribution is 2.25. The molecule has 0 spiro atoms. The first kappa shape index (κ1) is 17.1. The molecule has 0 saturated heterocycles. The maximum absolute atomic E-state index is 9.49. The van der Waals surface area contributed by atoms with E-state index in [4.69, 9.17) is 4.74 Å². The van der Waals surface area contributed by atoms with Crippen LogP contribution in [0.4, 0.5) is 0 Å². The smallest absolute Gasteiger partial charge is 0.119 e. The van der Waals surface area contributed by atoms with Gasteiger partial charge in [0, 0.05) is 0 Å². The molecule has 0 heterocycles. The summed E-state index contributed by atoms with van der Waals surface area (Å²) in [4.78, 5) is 0. The van der Waals surface area contributed by atoms with E-state index in [1.165, 1.54) is 16.7 Å². The topological polar surface area (TPSA) is 33.0 Å². The maximum atomic E-state index is 9.49. The van der Waals surface area contributed by atoms with Gasteiger partial charge in [-0.1, -0.05) is 42.8 Å². The number of nitrogens with zero attached hydrogens (tertiary/aromatic N) is 1. The summed E-state index contributed by atoms with van der Waals surface area (Å²) in [5, 5.41) is 9.49. The van der Waals surface area contributed by atoms with Crippen LogP contribution in [-0.2, 0) is 6.42 Å². The summed E-state index contributed by atoms with van der Waals surface area (Å²) in [6.45, 7) is 6.93. The highest BCUT2D eigenvalue weighted by molar-refractivity contribution is 5.36. The second-order valence-electron chi connectivity index (χ2n) is 6.03. The minimum Gasteiger partial charge on any atom is -0.494 e. The van der Waals surface area contributed by atoms with E-state index in [1.54, 1.807) is 0 Å². The van der Waals surface area contributed by atoms with Crippen molar-refractivity contribution in [3.8, 4) is 11.8 Å². The van der Waals surface area contributed by atoms with E-state index < -0.39 is 0 Å². The molecule has 0 bridgehead atoms. The fraction of sp³-hybridized carbons (Fsp3) is 0.381. The zero-order valence-electron chi connectivity index (χ0n) is 14.3. The predicted molar refractivity (Wildman–Crippen MR) is 94.8 cm³/mol. The molecule has 1 atom stereocenters. The summed E-state index contributed by atoms with van der Waals surface area (Å²) < 4.78 is 5.82. The third-order valence-corrected chi connectivity index (χ3v) is 4.18. The zero-order chi connectivity index (χ0) is 16.7. The van der Waals surface area contributed by atoms with Crippen molar-refractivity contribution >= 4 is 0 Å². The predicted octanol–water partition coefficient (Wildman–Crippen LogP) is 5.33. The van der Waals surface area contributed by atoms with Gasteiger partial charge in [0.15, 0.2) is 0 Å². The number of aryl methyl sites for hydroxylation is 3. The van der Waals surface area contributed by atoms with Gasteiger partial charge in [-0.15, -0.1) is 0 Å². The monoisotopic (exact) mass is 307 g/mol. The standard InChI is InChI=1S/C21H25NO/c1-4-18-7-5-9-20(14-18)23-12-6-8-19(15-22)21-13-16(2)10-11-17(21)3/h5,7,9-11,13-14,19H,4,6,8,12H2,1-3H3. The Bertz CT molecular complexity index is 684. The summed E-state index contributed by atoms with van der Waals surface area (Å²) in [5.41, 5.74) is 4.84. The summed E-state index contributed by atoms with van der Waals surface area (Å²) in [7, 11) is 0. The molecule has 23 heavy (non-hydrogen) atoms. The van der Waals surface area contributed by atoms with E-state index in [9.17, 15) is 5.26 Å². The van der Waals surface area contributed by atoms with Gasteiger partial charge >= 0.3 is 0 Å². The molecule has 0 fully saturated rings. The molecule has 0 aliphatic rings. The minimum absolute atomic E-state index is 0.0551. The molecule has 2 aromatic rings. The van der Waals surface area contributed by atoms with E-state index in [2.05, 4.69) is 57.2 Å². The Morgan fingerprint density at radius 1 is 1.13 bits per heavy atom. The molecule has 0 N–H and O–H groups in total. The molecule has 0 amide bonds. The van der Waals surface area contributed by atoms with Crippen molar-refractivity contribution in [2.24, 2.45) is 0 Å². The van der Waals surface area contributed by atoms with Gasteiger partial charge in [-0.2, -0.15) is 5.26 Å². The fourth-order valence-corrected chi connectivity index (χ4v) is 2.76. The number of hydrogen-bond donors (Lipinski definition) is 0. The lowest BCUT2D eigenvalue weighted by Gasteiger charge is -2.14. The van der Waals surface area contributed by atoms with Gasteiger partial charge in [0.05, 0.1) is 18.6 Å². The second kappa shape index (κ2) is 8.39. The van der Waals surface area contributed by atoms with E-state index in [-0.39, 0.29) is 5.92 Å². The first-order valence-electron chi connectivity index (χ1n) is 8.32.